The first-order valence-electron chi connectivity index (χ1n) is 34.3. The van der Waals surface area contributed by atoms with Crippen LogP contribution < -0.4 is 35.4 Å². The van der Waals surface area contributed by atoms with E-state index in [1.807, 2.05) is 85.3 Å². The number of aromatic nitrogens is 2. The standard InChI is InChI=1S/C34H34F3N5O4.C13H16N2O4.C13H18N2O2.C9H8FNO3.C7H4FNO4/c1-3-31(44)29-22-25(8-13-30(29)42-16-18-45-19-17-42)39-33-38-15-14-32(40-33)41(2)26-9-4-23(5-10-26)20-27(43)21-24-6-11-28(12-7-24)46-34(35,36)37;1-2-13(16)11-9-10(15(17)18)3-4-12(11)14-5-7-19-8-6-14;1-2-13(16)11-9-10(14)3-4-12(11)15-5-7-17-8-6-15;1-2-9(12)7-5-6(11(13)14)3-4-8(7)10;8-6-2-1-4(9(12)13)3-5(6)7(10)11/h4-15,22H,3,16-21H2,1-2H3,(H,38,39,40);3-4,9H,2,5-8H2,1H3;3-4,9H,2,5-8,14H2,1H3;3-5H,2H2,1H3;1-3H,(H,10,11). The lowest BCUT2D eigenvalue weighted by Crippen LogP contribution is -2.37. The Labute approximate surface area is 622 Å². The molecule has 33 heteroatoms. The van der Waals surface area contributed by atoms with Gasteiger partial charge in [-0.05, 0) is 96.1 Å². The molecule has 0 aliphatic carbocycles. The monoisotopic (exact) mass is 1510 g/mol. The Morgan fingerprint density at radius 2 is 0.917 bits per heavy atom. The zero-order chi connectivity index (χ0) is 79.5. The molecular weight excluding hydrogens is 1430 g/mol. The normalized spacial score (nSPS) is 13.2. The van der Waals surface area contributed by atoms with E-state index in [9.17, 15) is 81.1 Å². The van der Waals surface area contributed by atoms with Gasteiger partial charge in [0.1, 0.15) is 34.5 Å². The number of non-ortho nitro benzene ring substituents is 3. The summed E-state index contributed by atoms with van der Waals surface area (Å²) in [7, 11) is 1.87. The van der Waals surface area contributed by atoms with Crippen LogP contribution in [-0.2, 0) is 31.8 Å². The van der Waals surface area contributed by atoms with Gasteiger partial charge in [0.25, 0.3) is 17.1 Å². The molecule has 576 valence electrons. The van der Waals surface area contributed by atoms with Crippen LogP contribution in [0.2, 0.25) is 0 Å². The molecule has 3 aliphatic heterocycles. The highest BCUT2D eigenvalue weighted by Gasteiger charge is 2.31. The lowest BCUT2D eigenvalue weighted by atomic mass is 10.0. The fourth-order valence-corrected chi connectivity index (χ4v) is 11.1. The van der Waals surface area contributed by atoms with Gasteiger partial charge < -0.3 is 54.7 Å². The van der Waals surface area contributed by atoms with Gasteiger partial charge in [-0.2, -0.15) is 4.98 Å². The number of hydrogen-bond acceptors (Lipinski definition) is 24. The minimum atomic E-state index is -4.76. The van der Waals surface area contributed by atoms with E-state index < -0.39 is 55.8 Å². The van der Waals surface area contributed by atoms with E-state index in [-0.39, 0.29) is 65.1 Å². The first-order valence-corrected chi connectivity index (χ1v) is 34.3. The Morgan fingerprint density at radius 3 is 1.36 bits per heavy atom. The van der Waals surface area contributed by atoms with Crippen LogP contribution in [0.15, 0.2) is 152 Å². The van der Waals surface area contributed by atoms with E-state index in [0.717, 1.165) is 90.4 Å². The molecule has 109 heavy (non-hydrogen) atoms. The highest BCUT2D eigenvalue weighted by Crippen LogP contribution is 2.32. The second kappa shape index (κ2) is 40.5. The van der Waals surface area contributed by atoms with E-state index in [1.165, 1.54) is 36.4 Å². The van der Waals surface area contributed by atoms with Gasteiger partial charge in [0.2, 0.25) is 5.95 Å². The quantitative estimate of drug-likeness (QED) is 0.0166. The number of carbonyl (C=O) groups is 6. The maximum Gasteiger partial charge on any atom is 0.573 e. The number of nitrogens with one attached hydrogen (secondary N) is 1. The molecule has 0 amide bonds. The zero-order valence-corrected chi connectivity index (χ0v) is 60.1. The summed E-state index contributed by atoms with van der Waals surface area (Å²) in [4.78, 5) is 118. The molecule has 8 aromatic rings. The first-order chi connectivity index (χ1) is 52.0. The van der Waals surface area contributed by atoms with Crippen LogP contribution in [0.3, 0.4) is 0 Å². The number of ether oxygens (including phenoxy) is 4. The fourth-order valence-electron chi connectivity index (χ4n) is 11.1. The predicted molar refractivity (Wildman–Crippen MR) is 396 cm³/mol. The number of benzene rings is 7. The molecule has 0 bridgehead atoms. The number of nitro groups is 3. The number of nitrogen functional groups attached to an aromatic ring is 1. The van der Waals surface area contributed by atoms with Gasteiger partial charge in [0.05, 0.1) is 60.0 Å². The van der Waals surface area contributed by atoms with E-state index in [4.69, 9.17) is 25.1 Å². The average molecular weight is 1510 g/mol. The Morgan fingerprint density at radius 1 is 0.532 bits per heavy atom. The Balaban J connectivity index is 0.000000215. The van der Waals surface area contributed by atoms with Crippen molar-refractivity contribution in [2.45, 2.75) is 72.6 Å². The summed E-state index contributed by atoms with van der Waals surface area (Å²) in [5, 5.41) is 43.0. The van der Waals surface area contributed by atoms with Crippen molar-refractivity contribution in [3.8, 4) is 5.75 Å². The summed E-state index contributed by atoms with van der Waals surface area (Å²) >= 11 is 0. The molecule has 0 radical (unpaired) electrons. The van der Waals surface area contributed by atoms with Crippen LogP contribution >= 0.6 is 0 Å². The molecule has 1 aromatic heterocycles. The van der Waals surface area contributed by atoms with Crippen molar-refractivity contribution in [2.75, 3.05) is 117 Å². The summed E-state index contributed by atoms with van der Waals surface area (Å²) in [5.74, 6) is -2.95. The topological polar surface area (TPSA) is 366 Å². The van der Waals surface area contributed by atoms with Crippen molar-refractivity contribution in [1.82, 2.24) is 9.97 Å². The molecule has 4 heterocycles. The van der Waals surface area contributed by atoms with Gasteiger partial charge in [-0.3, -0.25) is 54.3 Å². The second-order valence-electron chi connectivity index (χ2n) is 24.2. The van der Waals surface area contributed by atoms with E-state index in [1.54, 1.807) is 38.2 Å². The third-order valence-corrected chi connectivity index (χ3v) is 16.8. The first kappa shape index (κ1) is 84.0. The maximum atomic E-state index is 13.0. The van der Waals surface area contributed by atoms with Gasteiger partial charge in [-0.15, -0.1) is 13.2 Å². The number of nitro benzene ring substituents is 3. The summed E-state index contributed by atoms with van der Waals surface area (Å²) in [6, 6.07) is 35.5. The molecule has 3 aliphatic rings. The number of morpholine rings is 3. The number of Topliss-reactive ketones (excluding diaryl/α,β-unsaturated/α-hetero) is 5. The van der Waals surface area contributed by atoms with Crippen LogP contribution in [-0.4, -0.2) is 157 Å². The zero-order valence-electron chi connectivity index (χ0n) is 60.1. The van der Waals surface area contributed by atoms with Gasteiger partial charge in [-0.1, -0.05) is 52.0 Å². The second-order valence-corrected chi connectivity index (χ2v) is 24.2. The summed E-state index contributed by atoms with van der Waals surface area (Å²) in [6.45, 7) is 15.4. The SMILES string of the molecule is CCC(=O)c1cc(N)ccc1N1CCOCC1.CCC(=O)c1cc(Nc2nccc(N(C)c3ccc(CC(=O)Cc4ccc(OC(F)(F)F)cc4)cc3)n2)ccc1N1CCOCC1.CCC(=O)c1cc([N+](=O)[O-])ccc1F.CCC(=O)c1cc([N+](=O)[O-])ccc1N1CCOCC1.O=C(O)c1cc([N+](=O)[O-])ccc1F. The van der Waals surface area contributed by atoms with Crippen LogP contribution in [0.5, 0.6) is 5.75 Å². The van der Waals surface area contributed by atoms with Gasteiger partial charge >= 0.3 is 12.3 Å². The smallest absolute Gasteiger partial charge is 0.478 e. The minimum Gasteiger partial charge on any atom is -0.478 e. The van der Waals surface area contributed by atoms with Crippen molar-refractivity contribution in [3.05, 3.63) is 233 Å². The summed E-state index contributed by atoms with van der Waals surface area (Å²) in [5.41, 5.74) is 12.1. The molecule has 28 nitrogen and oxygen atoms in total. The number of halogens is 5. The van der Waals surface area contributed by atoms with Gasteiger partial charge in [0, 0.05) is 178 Å². The molecule has 0 spiro atoms. The third-order valence-electron chi connectivity index (χ3n) is 16.8. The van der Waals surface area contributed by atoms with Crippen molar-refractivity contribution in [3.63, 3.8) is 0 Å². The molecule has 3 saturated heterocycles. The van der Waals surface area contributed by atoms with Crippen molar-refractivity contribution >= 4 is 97.8 Å². The maximum absolute atomic E-state index is 13.0. The van der Waals surface area contributed by atoms with Crippen molar-refractivity contribution < 1.29 is 89.5 Å². The minimum absolute atomic E-state index is 0.0474. The van der Waals surface area contributed by atoms with E-state index in [0.29, 0.717) is 118 Å². The lowest BCUT2D eigenvalue weighted by Gasteiger charge is -2.30. The Hall–Kier alpha value is -12.2. The molecule has 0 saturated carbocycles. The van der Waals surface area contributed by atoms with Crippen LogP contribution in [0, 0.1) is 42.0 Å². The Bertz CT molecular complexity index is 4540. The van der Waals surface area contributed by atoms with Crippen molar-refractivity contribution in [2.24, 2.45) is 0 Å². The van der Waals surface area contributed by atoms with Gasteiger partial charge in [-0.25, -0.2) is 18.6 Å². The number of alkyl halides is 3. The number of carbonyl (C=O) groups excluding carboxylic acids is 5. The molecule has 3 fully saturated rings. The molecule has 0 unspecified atom stereocenters. The molecule has 4 N–H and O–H groups in total. The number of rotatable bonds is 24. The number of anilines is 8. The van der Waals surface area contributed by atoms with E-state index >= 15 is 0 Å². The number of ketones is 5. The Kier molecular flexibility index (Phi) is 31.2. The molecule has 0 atom stereocenters. The van der Waals surface area contributed by atoms with Crippen molar-refractivity contribution in [1.29, 1.82) is 0 Å². The predicted octanol–water partition coefficient (Wildman–Crippen LogP) is 14.2. The number of carboxylic acid groups (broad SMARTS) is 1. The van der Waals surface area contributed by atoms with Crippen LogP contribution in [0.1, 0.15) is 116 Å². The molecule has 7 aromatic carbocycles. The molecule has 11 rings (SSSR count). The van der Waals surface area contributed by atoms with Crippen LogP contribution in [0.25, 0.3) is 0 Å². The number of hydrogen-bond donors (Lipinski definition) is 3. The number of aromatic carboxylic acids is 1. The largest absolute Gasteiger partial charge is 0.573 e. The average Bonchev–Trinajstić information content (AvgIpc) is 0.817. The van der Waals surface area contributed by atoms with Crippen LogP contribution in [0.4, 0.5) is 84.9 Å². The highest BCUT2D eigenvalue weighted by atomic mass is 19.4. The lowest BCUT2D eigenvalue weighted by molar-refractivity contribution is -0.385. The summed E-state index contributed by atoms with van der Waals surface area (Å²) in [6.07, 6.45) is -1.49. The summed E-state index contributed by atoms with van der Waals surface area (Å²) < 4.78 is 82.8. The van der Waals surface area contributed by atoms with E-state index in [2.05, 4.69) is 29.8 Å². The number of nitrogens with zero attached hydrogens (tertiary/aromatic N) is 9. The third kappa shape index (κ3) is 24.9. The highest BCUT2D eigenvalue weighted by molar-refractivity contribution is 6.04. The number of carboxylic acids is 1. The number of nitrogens with two attached hydrogens (primary N) is 1. The fraction of sp³-hybridized carbons (Fsp3) is 0.316. The molecular formula is C76H80F5N11O17. The van der Waals surface area contributed by atoms with Gasteiger partial charge in [0.15, 0.2) is 23.1 Å².